The van der Waals surface area contributed by atoms with Crippen LogP contribution in [0.4, 0.5) is 0 Å². The highest BCUT2D eigenvalue weighted by atomic mass is 35.5. The summed E-state index contributed by atoms with van der Waals surface area (Å²) < 4.78 is 26.8. The Balaban J connectivity index is 2.89. The number of sulfonamides is 1. The predicted molar refractivity (Wildman–Crippen MR) is 82.4 cm³/mol. The summed E-state index contributed by atoms with van der Waals surface area (Å²) in [4.78, 5) is 11.6. The second kappa shape index (κ2) is 7.74. The maximum absolute atomic E-state index is 12.2. The molecule has 6 nitrogen and oxygen atoms in total. The Morgan fingerprint density at radius 2 is 2.10 bits per heavy atom. The molecule has 118 valence electrons. The van der Waals surface area contributed by atoms with Crippen molar-refractivity contribution in [1.29, 1.82) is 0 Å². The minimum absolute atomic E-state index is 0.0727. The molecule has 1 aromatic rings. The Kier molecular flexibility index (Phi) is 6.60. The third-order valence-electron chi connectivity index (χ3n) is 2.80. The van der Waals surface area contributed by atoms with Crippen molar-refractivity contribution in [1.82, 2.24) is 10.0 Å². The van der Waals surface area contributed by atoms with Gasteiger partial charge in [0, 0.05) is 13.1 Å². The lowest BCUT2D eigenvalue weighted by molar-refractivity contribution is -0.122. The first-order valence-electron chi connectivity index (χ1n) is 6.60. The van der Waals surface area contributed by atoms with Crippen LogP contribution in [0.5, 0.6) is 0 Å². The largest absolute Gasteiger partial charge is 0.355 e. The molecule has 0 bridgehead atoms. The van der Waals surface area contributed by atoms with Gasteiger partial charge in [-0.1, -0.05) is 24.6 Å². The van der Waals surface area contributed by atoms with E-state index in [1.165, 1.54) is 19.1 Å². The summed E-state index contributed by atoms with van der Waals surface area (Å²) in [6, 6.07) is 3.58. The average molecular weight is 334 g/mol. The van der Waals surface area contributed by atoms with E-state index in [2.05, 4.69) is 10.0 Å². The number of nitrogens with one attached hydrogen (secondary N) is 2. The lowest BCUT2D eigenvalue weighted by atomic mass is 10.2. The van der Waals surface area contributed by atoms with Crippen molar-refractivity contribution in [3.63, 3.8) is 0 Å². The molecule has 0 aliphatic rings. The molecule has 0 heterocycles. The highest BCUT2D eigenvalue weighted by Crippen LogP contribution is 2.22. The quantitative estimate of drug-likeness (QED) is 0.692. The van der Waals surface area contributed by atoms with Gasteiger partial charge in [-0.25, -0.2) is 8.42 Å². The van der Waals surface area contributed by atoms with Crippen LogP contribution >= 0.6 is 11.6 Å². The Hall–Kier alpha value is -1.15. The Labute approximate surface area is 130 Å². The van der Waals surface area contributed by atoms with Gasteiger partial charge in [-0.05, 0) is 31.0 Å². The first kappa shape index (κ1) is 17.9. The number of carbonyl (C=O) groups excluding carboxylic acids is 1. The van der Waals surface area contributed by atoms with Gasteiger partial charge in [-0.3, -0.25) is 4.79 Å². The molecule has 0 aromatic heterocycles. The van der Waals surface area contributed by atoms with E-state index >= 15 is 0 Å². The molecule has 1 aromatic carbocycles. The Morgan fingerprint density at radius 1 is 1.43 bits per heavy atom. The van der Waals surface area contributed by atoms with Crippen molar-refractivity contribution in [2.75, 3.05) is 6.54 Å². The summed E-state index contributed by atoms with van der Waals surface area (Å²) in [6.07, 6.45) is 0.775. The van der Waals surface area contributed by atoms with E-state index in [9.17, 15) is 13.2 Å². The van der Waals surface area contributed by atoms with Crippen molar-refractivity contribution in [3.8, 4) is 0 Å². The standard InChI is InChI=1S/C13H20ClN3O3S/c1-3-6-16-13(18)9(2)17-21(19,20)12-5-4-10(8-15)7-11(12)14/h4-5,7,9,17H,3,6,8,15H2,1-2H3,(H,16,18). The number of hydrogen-bond acceptors (Lipinski definition) is 4. The molecule has 0 saturated heterocycles. The van der Waals surface area contributed by atoms with Crippen LogP contribution < -0.4 is 15.8 Å². The summed E-state index contributed by atoms with van der Waals surface area (Å²) in [5.74, 6) is -0.380. The topological polar surface area (TPSA) is 101 Å². The highest BCUT2D eigenvalue weighted by Gasteiger charge is 2.23. The van der Waals surface area contributed by atoms with Crippen LogP contribution in [-0.2, 0) is 21.4 Å². The number of benzene rings is 1. The molecule has 1 atom stereocenters. The monoisotopic (exact) mass is 333 g/mol. The molecule has 8 heteroatoms. The van der Waals surface area contributed by atoms with Crippen LogP contribution in [0, 0.1) is 0 Å². The summed E-state index contributed by atoms with van der Waals surface area (Å²) in [6.45, 7) is 4.15. The van der Waals surface area contributed by atoms with Crippen molar-refractivity contribution in [2.24, 2.45) is 5.73 Å². The van der Waals surface area contributed by atoms with Crippen LogP contribution in [0.25, 0.3) is 0 Å². The van der Waals surface area contributed by atoms with Gasteiger partial charge < -0.3 is 11.1 Å². The van der Waals surface area contributed by atoms with Crippen molar-refractivity contribution in [3.05, 3.63) is 28.8 Å². The lowest BCUT2D eigenvalue weighted by Gasteiger charge is -2.15. The number of halogens is 1. The summed E-state index contributed by atoms with van der Waals surface area (Å²) in [5, 5.41) is 2.70. The number of rotatable bonds is 7. The van der Waals surface area contributed by atoms with Crippen molar-refractivity contribution >= 4 is 27.5 Å². The van der Waals surface area contributed by atoms with E-state index in [4.69, 9.17) is 17.3 Å². The first-order valence-corrected chi connectivity index (χ1v) is 8.46. The van der Waals surface area contributed by atoms with Gasteiger partial charge in [-0.2, -0.15) is 4.72 Å². The van der Waals surface area contributed by atoms with Gasteiger partial charge in [-0.15, -0.1) is 0 Å². The number of nitrogens with two attached hydrogens (primary N) is 1. The van der Waals surface area contributed by atoms with Gasteiger partial charge >= 0.3 is 0 Å². The zero-order valence-electron chi connectivity index (χ0n) is 12.0. The molecule has 1 unspecified atom stereocenters. The third kappa shape index (κ3) is 4.96. The summed E-state index contributed by atoms with van der Waals surface area (Å²) in [7, 11) is -3.87. The molecule has 0 aliphatic heterocycles. The van der Waals surface area contributed by atoms with E-state index in [0.29, 0.717) is 6.54 Å². The number of hydrogen-bond donors (Lipinski definition) is 3. The minimum atomic E-state index is -3.87. The van der Waals surface area contributed by atoms with Crippen LogP contribution in [-0.4, -0.2) is 26.9 Å². The third-order valence-corrected chi connectivity index (χ3v) is 4.82. The SMILES string of the molecule is CCCNC(=O)C(C)NS(=O)(=O)c1ccc(CN)cc1Cl. The fourth-order valence-corrected chi connectivity index (χ4v) is 3.41. The van der Waals surface area contributed by atoms with Gasteiger partial charge in [0.25, 0.3) is 0 Å². The molecule has 0 aliphatic carbocycles. The first-order chi connectivity index (χ1) is 9.81. The van der Waals surface area contributed by atoms with E-state index in [-0.39, 0.29) is 22.4 Å². The Bertz CT molecular complexity index is 605. The molecular weight excluding hydrogens is 314 g/mol. The van der Waals surface area contributed by atoms with Gasteiger partial charge in [0.2, 0.25) is 15.9 Å². The summed E-state index contributed by atoms with van der Waals surface area (Å²) in [5.41, 5.74) is 6.20. The smallest absolute Gasteiger partial charge is 0.242 e. The molecule has 0 fully saturated rings. The minimum Gasteiger partial charge on any atom is -0.355 e. The van der Waals surface area contributed by atoms with E-state index in [1.807, 2.05) is 6.92 Å². The highest BCUT2D eigenvalue weighted by molar-refractivity contribution is 7.89. The van der Waals surface area contributed by atoms with Gasteiger partial charge in [0.05, 0.1) is 11.1 Å². The molecule has 4 N–H and O–H groups in total. The second-order valence-corrected chi connectivity index (χ2v) is 6.69. The van der Waals surface area contributed by atoms with Gasteiger partial charge in [0.15, 0.2) is 0 Å². The fraction of sp³-hybridized carbons (Fsp3) is 0.462. The zero-order chi connectivity index (χ0) is 16.0. The maximum Gasteiger partial charge on any atom is 0.242 e. The molecule has 0 radical (unpaired) electrons. The Morgan fingerprint density at radius 3 is 2.62 bits per heavy atom. The van der Waals surface area contributed by atoms with Crippen LogP contribution in [0.2, 0.25) is 5.02 Å². The number of amides is 1. The van der Waals surface area contributed by atoms with Gasteiger partial charge in [0.1, 0.15) is 4.90 Å². The number of carbonyl (C=O) groups is 1. The fourth-order valence-electron chi connectivity index (χ4n) is 1.64. The second-order valence-electron chi connectivity index (χ2n) is 4.60. The van der Waals surface area contributed by atoms with Crippen molar-refractivity contribution < 1.29 is 13.2 Å². The van der Waals surface area contributed by atoms with Crippen LogP contribution in [0.3, 0.4) is 0 Å². The van der Waals surface area contributed by atoms with E-state index < -0.39 is 16.1 Å². The molecular formula is C13H20ClN3O3S. The average Bonchev–Trinajstić information content (AvgIpc) is 2.43. The lowest BCUT2D eigenvalue weighted by Crippen LogP contribution is -2.44. The van der Waals surface area contributed by atoms with E-state index in [0.717, 1.165) is 12.0 Å². The molecule has 0 spiro atoms. The molecule has 1 rings (SSSR count). The summed E-state index contributed by atoms with van der Waals surface area (Å²) >= 11 is 5.96. The molecule has 0 saturated carbocycles. The zero-order valence-corrected chi connectivity index (χ0v) is 13.6. The molecule has 1 amide bonds. The van der Waals surface area contributed by atoms with Crippen LogP contribution in [0.15, 0.2) is 23.1 Å². The predicted octanol–water partition coefficient (Wildman–Crippen LogP) is 0.992. The van der Waals surface area contributed by atoms with Crippen LogP contribution in [0.1, 0.15) is 25.8 Å². The maximum atomic E-state index is 12.2. The van der Waals surface area contributed by atoms with E-state index in [1.54, 1.807) is 6.07 Å². The molecule has 21 heavy (non-hydrogen) atoms. The normalized spacial score (nSPS) is 13.0. The van der Waals surface area contributed by atoms with Crippen molar-refractivity contribution in [2.45, 2.75) is 37.8 Å².